The highest BCUT2D eigenvalue weighted by Crippen LogP contribution is 2.15. The van der Waals surface area contributed by atoms with Gasteiger partial charge in [-0.2, -0.15) is 0 Å². The first-order valence-corrected chi connectivity index (χ1v) is 4.66. The number of carboxylic acids is 2. The number of carbonyl (C=O) groups is 2. The molecule has 0 aliphatic carbocycles. The van der Waals surface area contributed by atoms with E-state index in [2.05, 4.69) is 0 Å². The smallest absolute Gasteiger partial charge is 0.332 e. The quantitative estimate of drug-likeness (QED) is 0.745. The van der Waals surface area contributed by atoms with Crippen LogP contribution in [-0.2, 0) is 9.59 Å². The first-order valence-electron chi connectivity index (χ1n) is 3.79. The third kappa shape index (κ3) is 3.02. The molecule has 0 bridgehead atoms. The Kier molecular flexibility index (Phi) is 3.41. The maximum Gasteiger partial charge on any atom is 0.332 e. The molecule has 1 rings (SSSR count). The molecule has 0 spiro atoms. The van der Waals surface area contributed by atoms with Gasteiger partial charge >= 0.3 is 11.9 Å². The summed E-state index contributed by atoms with van der Waals surface area (Å²) in [5.74, 6) is -2.34. The summed E-state index contributed by atoms with van der Waals surface area (Å²) in [6.45, 7) is 0. The Morgan fingerprint density at radius 2 is 2.14 bits per heavy atom. The molecule has 0 aliphatic heterocycles. The van der Waals surface area contributed by atoms with Gasteiger partial charge in [-0.25, -0.2) is 4.79 Å². The van der Waals surface area contributed by atoms with Crippen LogP contribution in [0.3, 0.4) is 0 Å². The average molecular weight is 212 g/mol. The summed E-state index contributed by atoms with van der Waals surface area (Å²) in [6.07, 6.45) is 0.911. The number of carboxylic acid groups (broad SMARTS) is 2. The molecule has 2 N–H and O–H groups in total. The van der Waals surface area contributed by atoms with Crippen LogP contribution in [0.5, 0.6) is 0 Å². The lowest BCUT2D eigenvalue weighted by atomic mass is 10.1. The Bertz CT molecular complexity index is 364. The summed E-state index contributed by atoms with van der Waals surface area (Å²) < 4.78 is 0. The lowest BCUT2D eigenvalue weighted by Crippen LogP contribution is -2.06. The third-order valence-electron chi connectivity index (χ3n) is 1.48. The van der Waals surface area contributed by atoms with Crippen molar-refractivity contribution in [1.29, 1.82) is 0 Å². The molecule has 1 heterocycles. The summed E-state index contributed by atoms with van der Waals surface area (Å²) >= 11 is 1.36. The van der Waals surface area contributed by atoms with Gasteiger partial charge in [-0.1, -0.05) is 6.07 Å². The van der Waals surface area contributed by atoms with E-state index in [1.165, 1.54) is 17.4 Å². The van der Waals surface area contributed by atoms with Crippen LogP contribution >= 0.6 is 11.3 Å². The minimum Gasteiger partial charge on any atom is -0.481 e. The molecule has 0 saturated carbocycles. The van der Waals surface area contributed by atoms with Gasteiger partial charge in [0, 0.05) is 10.5 Å². The topological polar surface area (TPSA) is 74.6 Å². The van der Waals surface area contributed by atoms with Crippen molar-refractivity contribution in [2.45, 2.75) is 6.42 Å². The first-order chi connectivity index (χ1) is 6.59. The lowest BCUT2D eigenvalue weighted by molar-refractivity contribution is -0.139. The normalized spacial score (nSPS) is 11.3. The van der Waals surface area contributed by atoms with Crippen molar-refractivity contribution in [3.63, 3.8) is 0 Å². The van der Waals surface area contributed by atoms with Crippen LogP contribution in [0.2, 0.25) is 0 Å². The molecule has 0 atom stereocenters. The first kappa shape index (κ1) is 10.5. The second kappa shape index (κ2) is 4.57. The maximum atomic E-state index is 10.6. The van der Waals surface area contributed by atoms with E-state index in [0.717, 1.165) is 4.88 Å². The molecule has 0 fully saturated rings. The van der Waals surface area contributed by atoms with Crippen molar-refractivity contribution in [3.8, 4) is 0 Å². The number of hydrogen-bond donors (Lipinski definition) is 2. The zero-order valence-electron chi connectivity index (χ0n) is 7.14. The molecule has 1 aromatic heterocycles. The average Bonchev–Trinajstić information content (AvgIpc) is 2.54. The van der Waals surface area contributed by atoms with Gasteiger partial charge in [0.15, 0.2) is 0 Å². The minimum atomic E-state index is -1.19. The fraction of sp³-hybridized carbons (Fsp3) is 0.111. The van der Waals surface area contributed by atoms with Gasteiger partial charge in [-0.05, 0) is 17.5 Å². The largest absolute Gasteiger partial charge is 0.481 e. The predicted molar refractivity (Wildman–Crippen MR) is 52.2 cm³/mol. The van der Waals surface area contributed by atoms with Gasteiger partial charge in [0.05, 0.1) is 6.42 Å². The Morgan fingerprint density at radius 1 is 1.43 bits per heavy atom. The minimum absolute atomic E-state index is 0.111. The molecule has 5 heteroatoms. The van der Waals surface area contributed by atoms with Crippen LogP contribution in [0.25, 0.3) is 6.08 Å². The Morgan fingerprint density at radius 3 is 2.57 bits per heavy atom. The van der Waals surface area contributed by atoms with Crippen LogP contribution in [0.4, 0.5) is 0 Å². The number of aliphatic carboxylic acids is 2. The molecule has 0 amide bonds. The summed E-state index contributed by atoms with van der Waals surface area (Å²) in [5.41, 5.74) is -0.111. The number of rotatable bonds is 4. The molecule has 0 radical (unpaired) electrons. The highest BCUT2D eigenvalue weighted by molar-refractivity contribution is 7.10. The van der Waals surface area contributed by atoms with Gasteiger partial charge in [-0.15, -0.1) is 11.3 Å². The Balaban J connectivity index is 2.88. The van der Waals surface area contributed by atoms with Gasteiger partial charge in [0.2, 0.25) is 0 Å². The standard InChI is InChI=1S/C9H8O4S/c10-8(11)5-6(9(12)13)4-7-2-1-3-14-7/h1-4H,5H2,(H,10,11)(H,12,13). The summed E-state index contributed by atoms with van der Waals surface area (Å²) in [5, 5.41) is 19.0. The van der Waals surface area contributed by atoms with Crippen LogP contribution < -0.4 is 0 Å². The van der Waals surface area contributed by atoms with Crippen molar-refractivity contribution in [1.82, 2.24) is 0 Å². The van der Waals surface area contributed by atoms with Crippen LogP contribution in [-0.4, -0.2) is 22.2 Å². The zero-order valence-corrected chi connectivity index (χ0v) is 7.95. The number of hydrogen-bond acceptors (Lipinski definition) is 3. The fourth-order valence-corrected chi connectivity index (χ4v) is 1.58. The second-order valence-electron chi connectivity index (χ2n) is 2.56. The van der Waals surface area contributed by atoms with Crippen LogP contribution in [0, 0.1) is 0 Å². The maximum absolute atomic E-state index is 10.6. The van der Waals surface area contributed by atoms with E-state index in [9.17, 15) is 9.59 Å². The summed E-state index contributed by atoms with van der Waals surface area (Å²) in [4.78, 5) is 21.7. The van der Waals surface area contributed by atoms with E-state index in [0.29, 0.717) is 0 Å². The SMILES string of the molecule is O=C(O)CC(=Cc1cccs1)C(=O)O. The van der Waals surface area contributed by atoms with E-state index in [1.54, 1.807) is 17.5 Å². The fourth-order valence-electron chi connectivity index (χ4n) is 0.896. The van der Waals surface area contributed by atoms with Crippen molar-refractivity contribution in [2.24, 2.45) is 0 Å². The molecule has 0 aliphatic rings. The highest BCUT2D eigenvalue weighted by atomic mass is 32.1. The molecule has 74 valence electrons. The number of thiophene rings is 1. The Hall–Kier alpha value is -1.62. The summed E-state index contributed by atoms with van der Waals surface area (Å²) in [7, 11) is 0. The summed E-state index contributed by atoms with van der Waals surface area (Å²) in [6, 6.07) is 3.51. The molecule has 4 nitrogen and oxygen atoms in total. The van der Waals surface area contributed by atoms with E-state index in [4.69, 9.17) is 10.2 Å². The van der Waals surface area contributed by atoms with E-state index in [-0.39, 0.29) is 5.57 Å². The van der Waals surface area contributed by atoms with Crippen molar-refractivity contribution in [2.75, 3.05) is 0 Å². The Labute approximate surface area is 84.1 Å². The van der Waals surface area contributed by atoms with Crippen molar-refractivity contribution >= 4 is 29.4 Å². The van der Waals surface area contributed by atoms with Gasteiger partial charge < -0.3 is 10.2 Å². The predicted octanol–water partition coefficient (Wildman–Crippen LogP) is 1.69. The molecule has 14 heavy (non-hydrogen) atoms. The molecule has 0 aromatic carbocycles. The van der Waals surface area contributed by atoms with Gasteiger partial charge in [0.1, 0.15) is 0 Å². The van der Waals surface area contributed by atoms with E-state index < -0.39 is 18.4 Å². The lowest BCUT2D eigenvalue weighted by Gasteiger charge is -1.96. The van der Waals surface area contributed by atoms with E-state index in [1.807, 2.05) is 0 Å². The highest BCUT2D eigenvalue weighted by Gasteiger charge is 2.11. The van der Waals surface area contributed by atoms with Crippen molar-refractivity contribution < 1.29 is 19.8 Å². The second-order valence-corrected chi connectivity index (χ2v) is 3.54. The zero-order chi connectivity index (χ0) is 10.6. The van der Waals surface area contributed by atoms with Crippen LogP contribution in [0.15, 0.2) is 23.1 Å². The van der Waals surface area contributed by atoms with Gasteiger partial charge in [0.25, 0.3) is 0 Å². The van der Waals surface area contributed by atoms with E-state index >= 15 is 0 Å². The molecule has 1 aromatic rings. The molecule has 0 saturated heterocycles. The van der Waals surface area contributed by atoms with Crippen molar-refractivity contribution in [3.05, 3.63) is 28.0 Å². The van der Waals surface area contributed by atoms with Crippen LogP contribution in [0.1, 0.15) is 11.3 Å². The molecular formula is C9H8O4S. The molecule has 0 unspecified atom stereocenters. The van der Waals surface area contributed by atoms with Gasteiger partial charge in [-0.3, -0.25) is 4.79 Å². The monoisotopic (exact) mass is 212 g/mol. The third-order valence-corrected chi connectivity index (χ3v) is 2.30. The molecular weight excluding hydrogens is 204 g/mol.